The number of ether oxygens (including phenoxy) is 1. The van der Waals surface area contributed by atoms with Gasteiger partial charge in [0.15, 0.2) is 0 Å². The van der Waals surface area contributed by atoms with Gasteiger partial charge >= 0.3 is 0 Å². The fourth-order valence-corrected chi connectivity index (χ4v) is 2.49. The van der Waals surface area contributed by atoms with Gasteiger partial charge in [0.2, 0.25) is 0 Å². The highest BCUT2D eigenvalue weighted by Crippen LogP contribution is 2.37. The largest absolute Gasteiger partial charge is 0.493 e. The zero-order valence-electron chi connectivity index (χ0n) is 9.43. The molecule has 0 radical (unpaired) electrons. The number of aliphatic hydroxyl groups excluding tert-OH is 1. The quantitative estimate of drug-likeness (QED) is 0.844. The summed E-state index contributed by atoms with van der Waals surface area (Å²) in [6.45, 7) is 0.672. The van der Waals surface area contributed by atoms with Crippen LogP contribution in [0.25, 0.3) is 0 Å². The maximum absolute atomic E-state index is 10.1. The molecule has 1 N–H and O–H groups in total. The van der Waals surface area contributed by atoms with Crippen molar-refractivity contribution in [2.24, 2.45) is 11.8 Å². The summed E-state index contributed by atoms with van der Waals surface area (Å²) in [5.41, 5.74) is 1.24. The maximum atomic E-state index is 10.1. The molecule has 0 aromatic heterocycles. The molecule has 1 heterocycles. The molecular weight excluding hydrogens is 200 g/mol. The molecule has 1 saturated carbocycles. The first kappa shape index (κ1) is 10.2. The van der Waals surface area contributed by atoms with Crippen LogP contribution in [0.3, 0.4) is 0 Å². The normalized spacial score (nSPS) is 25.7. The van der Waals surface area contributed by atoms with Crippen molar-refractivity contribution in [3.05, 3.63) is 29.8 Å². The number of hydrogen-bond donors (Lipinski definition) is 1. The van der Waals surface area contributed by atoms with Crippen molar-refractivity contribution in [3.63, 3.8) is 0 Å². The summed E-state index contributed by atoms with van der Waals surface area (Å²) >= 11 is 0. The van der Waals surface area contributed by atoms with E-state index >= 15 is 0 Å². The molecule has 2 heteroatoms. The van der Waals surface area contributed by atoms with Crippen LogP contribution < -0.4 is 4.74 Å². The Hall–Kier alpha value is -1.02. The monoisotopic (exact) mass is 218 g/mol. The Balaban J connectivity index is 1.67. The van der Waals surface area contributed by atoms with E-state index in [4.69, 9.17) is 4.74 Å². The molecule has 1 aliphatic carbocycles. The first-order chi connectivity index (χ1) is 7.83. The number of aliphatic hydroxyl groups is 1. The van der Waals surface area contributed by atoms with Crippen molar-refractivity contribution >= 4 is 0 Å². The van der Waals surface area contributed by atoms with E-state index in [1.54, 1.807) is 0 Å². The number of para-hydroxylation sites is 1. The van der Waals surface area contributed by atoms with Crippen molar-refractivity contribution in [2.75, 3.05) is 6.61 Å². The van der Waals surface area contributed by atoms with E-state index in [1.807, 2.05) is 18.2 Å². The zero-order valence-corrected chi connectivity index (χ0v) is 9.43. The number of hydrogen-bond acceptors (Lipinski definition) is 2. The van der Waals surface area contributed by atoms with Crippen molar-refractivity contribution in [2.45, 2.75) is 31.8 Å². The highest BCUT2D eigenvalue weighted by atomic mass is 16.5. The third-order valence-corrected chi connectivity index (χ3v) is 3.72. The molecule has 1 aromatic rings. The average Bonchev–Trinajstić information content (AvgIpc) is 3.12. The third kappa shape index (κ3) is 2.07. The van der Waals surface area contributed by atoms with Gasteiger partial charge in [0.05, 0.1) is 12.7 Å². The summed E-state index contributed by atoms with van der Waals surface area (Å²) in [6, 6.07) is 8.15. The maximum Gasteiger partial charge on any atom is 0.122 e. The summed E-state index contributed by atoms with van der Waals surface area (Å²) < 4.78 is 5.70. The fourth-order valence-electron chi connectivity index (χ4n) is 2.49. The second-order valence-corrected chi connectivity index (χ2v) is 5.13. The van der Waals surface area contributed by atoms with E-state index in [-0.39, 0.29) is 12.0 Å². The van der Waals surface area contributed by atoms with Crippen molar-refractivity contribution in [3.8, 4) is 5.75 Å². The molecule has 0 saturated heterocycles. The number of fused-ring (bicyclic) bond motifs is 1. The second-order valence-electron chi connectivity index (χ2n) is 5.13. The van der Waals surface area contributed by atoms with Gasteiger partial charge < -0.3 is 9.84 Å². The molecule has 1 aromatic carbocycles. The lowest BCUT2D eigenvalue weighted by molar-refractivity contribution is 0.0547. The number of benzene rings is 1. The minimum atomic E-state index is -0.180. The highest BCUT2D eigenvalue weighted by Gasteiger charge is 2.31. The SMILES string of the molecule is OC(CC1CC1)C1COc2ccccc2C1. The minimum absolute atomic E-state index is 0.180. The molecule has 2 atom stereocenters. The lowest BCUT2D eigenvalue weighted by Crippen LogP contribution is -2.31. The molecule has 86 valence electrons. The predicted molar refractivity (Wildman–Crippen MR) is 62.5 cm³/mol. The van der Waals surface area contributed by atoms with Crippen LogP contribution in [0, 0.1) is 11.8 Å². The van der Waals surface area contributed by atoms with Crippen LogP contribution in [-0.4, -0.2) is 17.8 Å². The van der Waals surface area contributed by atoms with Crippen LogP contribution in [0.1, 0.15) is 24.8 Å². The Morgan fingerprint density at radius 1 is 1.31 bits per heavy atom. The van der Waals surface area contributed by atoms with E-state index in [0.29, 0.717) is 6.61 Å². The molecule has 0 bridgehead atoms. The van der Waals surface area contributed by atoms with Crippen molar-refractivity contribution in [1.82, 2.24) is 0 Å². The molecule has 1 aliphatic heterocycles. The second kappa shape index (κ2) is 4.10. The first-order valence-corrected chi connectivity index (χ1v) is 6.21. The topological polar surface area (TPSA) is 29.5 Å². The Labute approximate surface area is 96.2 Å². The summed E-state index contributed by atoms with van der Waals surface area (Å²) in [4.78, 5) is 0. The van der Waals surface area contributed by atoms with E-state index in [0.717, 1.165) is 24.5 Å². The van der Waals surface area contributed by atoms with Gasteiger partial charge in [-0.1, -0.05) is 31.0 Å². The van der Waals surface area contributed by atoms with Crippen LogP contribution in [0.4, 0.5) is 0 Å². The molecular formula is C14H18O2. The lowest BCUT2D eigenvalue weighted by atomic mass is 9.89. The summed E-state index contributed by atoms with van der Waals surface area (Å²) in [6.07, 6.45) is 4.36. The van der Waals surface area contributed by atoms with E-state index in [2.05, 4.69) is 6.07 Å². The fraction of sp³-hybridized carbons (Fsp3) is 0.571. The van der Waals surface area contributed by atoms with Gasteiger partial charge in [0, 0.05) is 5.92 Å². The van der Waals surface area contributed by atoms with Crippen LogP contribution in [0.5, 0.6) is 5.75 Å². The Morgan fingerprint density at radius 3 is 2.94 bits per heavy atom. The van der Waals surface area contributed by atoms with E-state index in [9.17, 15) is 5.11 Å². The summed E-state index contributed by atoms with van der Waals surface area (Å²) in [7, 11) is 0. The van der Waals surface area contributed by atoms with Gasteiger partial charge in [-0.2, -0.15) is 0 Å². The van der Waals surface area contributed by atoms with Gasteiger partial charge in [-0.3, -0.25) is 0 Å². The third-order valence-electron chi connectivity index (χ3n) is 3.72. The Bertz CT molecular complexity index is 371. The van der Waals surface area contributed by atoms with Crippen molar-refractivity contribution < 1.29 is 9.84 Å². The molecule has 2 unspecified atom stereocenters. The molecule has 2 aliphatic rings. The summed E-state index contributed by atoms with van der Waals surface area (Å²) in [5, 5.41) is 10.1. The summed E-state index contributed by atoms with van der Waals surface area (Å²) in [5.74, 6) is 2.07. The molecule has 0 spiro atoms. The molecule has 3 rings (SSSR count). The standard InChI is InChI=1S/C14H18O2/c15-13(7-10-5-6-10)12-8-11-3-1-2-4-14(11)16-9-12/h1-4,10,12-13,15H,5-9H2. The van der Waals surface area contributed by atoms with Crippen LogP contribution in [0.2, 0.25) is 0 Å². The van der Waals surface area contributed by atoms with Gasteiger partial charge in [-0.15, -0.1) is 0 Å². The lowest BCUT2D eigenvalue weighted by Gasteiger charge is -2.28. The number of rotatable bonds is 3. The van der Waals surface area contributed by atoms with E-state index in [1.165, 1.54) is 18.4 Å². The molecule has 2 nitrogen and oxygen atoms in total. The van der Waals surface area contributed by atoms with Crippen LogP contribution in [-0.2, 0) is 6.42 Å². The smallest absolute Gasteiger partial charge is 0.122 e. The van der Waals surface area contributed by atoms with E-state index < -0.39 is 0 Å². The van der Waals surface area contributed by atoms with Gasteiger partial charge in [0.1, 0.15) is 5.75 Å². The van der Waals surface area contributed by atoms with Crippen molar-refractivity contribution in [1.29, 1.82) is 0 Å². The van der Waals surface area contributed by atoms with Crippen LogP contribution >= 0.6 is 0 Å². The van der Waals surface area contributed by atoms with Crippen LogP contribution in [0.15, 0.2) is 24.3 Å². The predicted octanol–water partition coefficient (Wildman–Crippen LogP) is 2.40. The van der Waals surface area contributed by atoms with Gasteiger partial charge in [-0.05, 0) is 30.4 Å². The molecule has 16 heavy (non-hydrogen) atoms. The van der Waals surface area contributed by atoms with Gasteiger partial charge in [-0.25, -0.2) is 0 Å². The Morgan fingerprint density at radius 2 is 2.12 bits per heavy atom. The highest BCUT2D eigenvalue weighted by molar-refractivity contribution is 5.35. The minimum Gasteiger partial charge on any atom is -0.493 e. The van der Waals surface area contributed by atoms with Gasteiger partial charge in [0.25, 0.3) is 0 Å². The zero-order chi connectivity index (χ0) is 11.0. The Kier molecular flexibility index (Phi) is 2.60. The molecule has 0 amide bonds. The molecule has 1 fully saturated rings. The first-order valence-electron chi connectivity index (χ1n) is 6.21. The average molecular weight is 218 g/mol.